The second-order valence-corrected chi connectivity index (χ2v) is 7.49. The number of benzene rings is 1. The highest BCUT2D eigenvalue weighted by Crippen LogP contribution is 2.23. The number of aromatic nitrogens is 2. The van der Waals surface area contributed by atoms with E-state index in [4.69, 9.17) is 0 Å². The third kappa shape index (κ3) is 4.63. The third-order valence-corrected chi connectivity index (χ3v) is 5.57. The van der Waals surface area contributed by atoms with Crippen LogP contribution in [0.25, 0.3) is 0 Å². The molecule has 2 aromatic rings. The zero-order chi connectivity index (χ0) is 18.5. The average molecular weight is 365 g/mol. The van der Waals surface area contributed by atoms with Crippen molar-refractivity contribution in [2.24, 2.45) is 5.92 Å². The standard InChI is InChI=1S/C21H27N5O/c27-21(18-7-13-26(14-8-18)20-15-22-9-10-23-20)24-19-5-3-17(4-6-19)16-25-11-1-2-12-25/h3-6,9-10,15,18H,1-2,7-8,11-14,16H2,(H,24,27). The minimum absolute atomic E-state index is 0.0576. The summed E-state index contributed by atoms with van der Waals surface area (Å²) >= 11 is 0. The van der Waals surface area contributed by atoms with Crippen molar-refractivity contribution in [3.05, 3.63) is 48.4 Å². The van der Waals surface area contributed by atoms with E-state index in [0.29, 0.717) is 0 Å². The molecule has 3 heterocycles. The molecular weight excluding hydrogens is 338 g/mol. The number of hydrogen-bond acceptors (Lipinski definition) is 5. The lowest BCUT2D eigenvalue weighted by Gasteiger charge is -2.31. The summed E-state index contributed by atoms with van der Waals surface area (Å²) in [6.45, 7) is 5.09. The van der Waals surface area contributed by atoms with Gasteiger partial charge in [-0.05, 0) is 56.5 Å². The highest BCUT2D eigenvalue weighted by molar-refractivity contribution is 5.92. The lowest BCUT2D eigenvalue weighted by atomic mass is 9.96. The summed E-state index contributed by atoms with van der Waals surface area (Å²) in [4.78, 5) is 25.8. The van der Waals surface area contributed by atoms with E-state index >= 15 is 0 Å². The molecule has 0 aliphatic carbocycles. The molecule has 2 aliphatic rings. The first-order chi connectivity index (χ1) is 13.3. The molecule has 1 aromatic carbocycles. The van der Waals surface area contributed by atoms with Crippen molar-refractivity contribution in [2.45, 2.75) is 32.2 Å². The smallest absolute Gasteiger partial charge is 0.227 e. The molecular formula is C21H27N5O. The van der Waals surface area contributed by atoms with E-state index in [2.05, 4.69) is 37.2 Å². The molecule has 4 rings (SSSR count). The van der Waals surface area contributed by atoms with E-state index in [1.807, 2.05) is 12.1 Å². The molecule has 27 heavy (non-hydrogen) atoms. The Morgan fingerprint density at radius 2 is 1.78 bits per heavy atom. The fourth-order valence-electron chi connectivity index (χ4n) is 3.96. The van der Waals surface area contributed by atoms with Crippen molar-refractivity contribution < 1.29 is 4.79 Å². The fraction of sp³-hybridized carbons (Fsp3) is 0.476. The molecule has 1 amide bonds. The van der Waals surface area contributed by atoms with Crippen molar-refractivity contribution in [1.29, 1.82) is 0 Å². The predicted molar refractivity (Wildman–Crippen MR) is 107 cm³/mol. The number of anilines is 2. The van der Waals surface area contributed by atoms with Gasteiger partial charge in [-0.25, -0.2) is 4.98 Å². The minimum atomic E-state index is 0.0576. The van der Waals surface area contributed by atoms with Crippen LogP contribution in [-0.2, 0) is 11.3 Å². The Labute approximate surface area is 160 Å². The van der Waals surface area contributed by atoms with Crippen LogP contribution in [0.4, 0.5) is 11.5 Å². The zero-order valence-corrected chi connectivity index (χ0v) is 15.7. The largest absolute Gasteiger partial charge is 0.355 e. The average Bonchev–Trinajstić information content (AvgIpc) is 3.23. The second kappa shape index (κ2) is 8.48. The summed E-state index contributed by atoms with van der Waals surface area (Å²) in [5.41, 5.74) is 2.20. The number of carbonyl (C=O) groups excluding carboxylic acids is 1. The molecule has 2 aliphatic heterocycles. The molecule has 0 saturated carbocycles. The summed E-state index contributed by atoms with van der Waals surface area (Å²) < 4.78 is 0. The molecule has 0 spiro atoms. The van der Waals surface area contributed by atoms with E-state index < -0.39 is 0 Å². The first-order valence-electron chi connectivity index (χ1n) is 9.91. The number of hydrogen-bond donors (Lipinski definition) is 1. The molecule has 1 N–H and O–H groups in total. The summed E-state index contributed by atoms with van der Waals surface area (Å²) in [5, 5.41) is 3.09. The molecule has 2 saturated heterocycles. The molecule has 6 heteroatoms. The Hall–Kier alpha value is -2.47. The lowest BCUT2D eigenvalue weighted by molar-refractivity contribution is -0.120. The maximum absolute atomic E-state index is 12.6. The van der Waals surface area contributed by atoms with Crippen molar-refractivity contribution >= 4 is 17.4 Å². The Balaban J connectivity index is 1.26. The predicted octanol–water partition coefficient (Wildman–Crippen LogP) is 2.93. The lowest BCUT2D eigenvalue weighted by Crippen LogP contribution is -2.38. The highest BCUT2D eigenvalue weighted by Gasteiger charge is 2.25. The van der Waals surface area contributed by atoms with Gasteiger partial charge in [0.1, 0.15) is 5.82 Å². The van der Waals surface area contributed by atoms with Crippen LogP contribution in [0.15, 0.2) is 42.9 Å². The summed E-state index contributed by atoms with van der Waals surface area (Å²) in [6.07, 6.45) is 9.48. The number of amides is 1. The molecule has 6 nitrogen and oxygen atoms in total. The van der Waals surface area contributed by atoms with E-state index in [1.54, 1.807) is 18.6 Å². The molecule has 1 aromatic heterocycles. The Morgan fingerprint density at radius 3 is 2.44 bits per heavy atom. The topological polar surface area (TPSA) is 61.4 Å². The van der Waals surface area contributed by atoms with Crippen molar-refractivity contribution in [2.75, 3.05) is 36.4 Å². The van der Waals surface area contributed by atoms with Gasteiger partial charge in [-0.15, -0.1) is 0 Å². The van der Waals surface area contributed by atoms with Crippen LogP contribution in [0, 0.1) is 5.92 Å². The van der Waals surface area contributed by atoms with E-state index in [9.17, 15) is 4.79 Å². The van der Waals surface area contributed by atoms with Gasteiger partial charge < -0.3 is 10.2 Å². The van der Waals surface area contributed by atoms with Gasteiger partial charge in [-0.2, -0.15) is 0 Å². The molecule has 0 atom stereocenters. The van der Waals surface area contributed by atoms with Gasteiger partial charge in [0.25, 0.3) is 0 Å². The number of nitrogens with zero attached hydrogens (tertiary/aromatic N) is 4. The first-order valence-corrected chi connectivity index (χ1v) is 9.91. The van der Waals surface area contributed by atoms with E-state index in [0.717, 1.165) is 44.0 Å². The molecule has 0 radical (unpaired) electrons. The number of carbonyl (C=O) groups is 1. The van der Waals surface area contributed by atoms with Crippen LogP contribution >= 0.6 is 0 Å². The number of piperidine rings is 1. The van der Waals surface area contributed by atoms with Crippen LogP contribution < -0.4 is 10.2 Å². The quantitative estimate of drug-likeness (QED) is 0.883. The van der Waals surface area contributed by atoms with Crippen LogP contribution in [0.5, 0.6) is 0 Å². The maximum atomic E-state index is 12.6. The van der Waals surface area contributed by atoms with Gasteiger partial charge in [-0.3, -0.25) is 14.7 Å². The number of nitrogens with one attached hydrogen (secondary N) is 1. The van der Waals surface area contributed by atoms with Crippen LogP contribution in [-0.4, -0.2) is 47.0 Å². The maximum Gasteiger partial charge on any atom is 0.227 e. The Bertz CT molecular complexity index is 735. The minimum Gasteiger partial charge on any atom is -0.355 e. The Morgan fingerprint density at radius 1 is 1.04 bits per heavy atom. The number of rotatable bonds is 5. The monoisotopic (exact) mass is 365 g/mol. The van der Waals surface area contributed by atoms with Crippen LogP contribution in [0.3, 0.4) is 0 Å². The molecule has 2 fully saturated rings. The molecule has 0 bridgehead atoms. The van der Waals surface area contributed by atoms with Gasteiger partial charge in [-0.1, -0.05) is 12.1 Å². The highest BCUT2D eigenvalue weighted by atomic mass is 16.1. The van der Waals surface area contributed by atoms with Gasteiger partial charge >= 0.3 is 0 Å². The van der Waals surface area contributed by atoms with E-state index in [1.165, 1.54) is 31.5 Å². The number of likely N-dealkylation sites (tertiary alicyclic amines) is 1. The SMILES string of the molecule is O=C(Nc1ccc(CN2CCCC2)cc1)C1CCN(c2cnccn2)CC1. The zero-order valence-electron chi connectivity index (χ0n) is 15.7. The van der Waals surface area contributed by atoms with Crippen molar-refractivity contribution in [3.8, 4) is 0 Å². The van der Waals surface area contributed by atoms with E-state index in [-0.39, 0.29) is 11.8 Å². The van der Waals surface area contributed by atoms with Crippen molar-refractivity contribution in [1.82, 2.24) is 14.9 Å². The molecule has 0 unspecified atom stereocenters. The van der Waals surface area contributed by atoms with Crippen LogP contribution in [0.1, 0.15) is 31.2 Å². The Kier molecular flexibility index (Phi) is 5.63. The second-order valence-electron chi connectivity index (χ2n) is 7.49. The van der Waals surface area contributed by atoms with Crippen LogP contribution in [0.2, 0.25) is 0 Å². The van der Waals surface area contributed by atoms with Gasteiger partial charge in [0, 0.05) is 43.6 Å². The summed E-state index contributed by atoms with van der Waals surface area (Å²) in [6, 6.07) is 8.31. The molecule has 142 valence electrons. The summed E-state index contributed by atoms with van der Waals surface area (Å²) in [7, 11) is 0. The first kappa shape index (κ1) is 17.9. The normalized spacial score (nSPS) is 18.6. The third-order valence-electron chi connectivity index (χ3n) is 5.57. The van der Waals surface area contributed by atoms with Gasteiger partial charge in [0.15, 0.2) is 0 Å². The van der Waals surface area contributed by atoms with Gasteiger partial charge in [0.05, 0.1) is 6.20 Å². The van der Waals surface area contributed by atoms with Crippen molar-refractivity contribution in [3.63, 3.8) is 0 Å². The summed E-state index contributed by atoms with van der Waals surface area (Å²) in [5.74, 6) is 1.08. The van der Waals surface area contributed by atoms with Gasteiger partial charge in [0.2, 0.25) is 5.91 Å². The fourth-order valence-corrected chi connectivity index (χ4v) is 3.96.